The van der Waals surface area contributed by atoms with Crippen molar-refractivity contribution in [3.8, 4) is 59.7 Å². The van der Waals surface area contributed by atoms with Crippen molar-refractivity contribution in [2.24, 2.45) is 0 Å². The number of esters is 2. The second-order valence-electron chi connectivity index (χ2n) is 12.2. The molecule has 6 unspecified atom stereocenters. The van der Waals surface area contributed by atoms with Crippen LogP contribution in [0.3, 0.4) is 0 Å². The molecule has 0 aromatic carbocycles. The number of ether oxygens (including phenoxy) is 2. The molecule has 1 fully saturated rings. The third kappa shape index (κ3) is 22.2. The van der Waals surface area contributed by atoms with Crippen molar-refractivity contribution in [1.29, 1.82) is 0 Å². The predicted octanol–water partition coefficient (Wildman–Crippen LogP) is 2.01. The third-order valence-electron chi connectivity index (χ3n) is 7.78. The molecule has 54 heavy (non-hydrogen) atoms. The zero-order valence-corrected chi connectivity index (χ0v) is 31.9. The third-order valence-corrected chi connectivity index (χ3v) is 9.28. The molecule has 18 heteroatoms. The Hall–Kier alpha value is -3.20. The van der Waals surface area contributed by atoms with Crippen molar-refractivity contribution >= 4 is 27.6 Å². The molecular weight excluding hydrogens is 750 g/mol. The maximum absolute atomic E-state index is 12.8. The van der Waals surface area contributed by atoms with Gasteiger partial charge in [-0.25, -0.2) is 13.9 Å². The normalized spacial score (nSPS) is 22.1. The van der Waals surface area contributed by atoms with Gasteiger partial charge in [-0.05, 0) is 53.8 Å². The lowest BCUT2D eigenvalue weighted by Gasteiger charge is -2.43. The fourth-order valence-corrected chi connectivity index (χ4v) is 6.62. The molecule has 0 amide bonds. The number of aliphatic hydroxyl groups excluding tert-OH is 4. The highest BCUT2D eigenvalue weighted by molar-refractivity contribution is 7.47. The van der Waals surface area contributed by atoms with Crippen molar-refractivity contribution in [1.82, 2.24) is 0 Å². The molecule has 0 spiro atoms. The highest BCUT2D eigenvalue weighted by Crippen LogP contribution is 2.49. The molecule has 0 bridgehead atoms. The highest BCUT2D eigenvalue weighted by atomic mass is 31.2. The van der Waals surface area contributed by atoms with Crippen LogP contribution in [0.4, 0.5) is 0 Å². The molecule has 1 saturated carbocycles. The van der Waals surface area contributed by atoms with Gasteiger partial charge in [0.2, 0.25) is 0 Å². The van der Waals surface area contributed by atoms with Crippen molar-refractivity contribution < 1.29 is 76.9 Å². The van der Waals surface area contributed by atoms with E-state index in [1.54, 1.807) is 0 Å². The lowest BCUT2D eigenvalue weighted by molar-refractivity contribution is -0.216. The molecule has 0 radical (unpaired) electrons. The lowest BCUT2D eigenvalue weighted by Crippen LogP contribution is -2.64. The molecule has 0 saturated heterocycles. The van der Waals surface area contributed by atoms with Crippen molar-refractivity contribution in [3.63, 3.8) is 0 Å². The van der Waals surface area contributed by atoms with Gasteiger partial charge in [0.05, 0.1) is 6.61 Å². The first-order valence-corrected chi connectivity index (χ1v) is 20.6. The van der Waals surface area contributed by atoms with Gasteiger partial charge in [-0.15, -0.1) is 6.42 Å². The Bertz CT molecular complexity index is 1560. The molecular formula is C36H50O16P2. The topological polar surface area (TPSA) is 256 Å². The van der Waals surface area contributed by atoms with Crippen molar-refractivity contribution in [3.05, 3.63) is 0 Å². The summed E-state index contributed by atoms with van der Waals surface area (Å²) in [4.78, 5) is 53.3. The number of phosphoric ester groups is 2. The average Bonchev–Trinajstić information content (AvgIpc) is 3.11. The second-order valence-corrected chi connectivity index (χ2v) is 14.8. The number of hydrogen-bond acceptors (Lipinski definition) is 13. The molecule has 1 aliphatic rings. The van der Waals surface area contributed by atoms with Crippen LogP contribution >= 0.6 is 15.6 Å². The lowest BCUT2D eigenvalue weighted by atomic mass is 9.85. The molecule has 1 aliphatic carbocycles. The summed E-state index contributed by atoms with van der Waals surface area (Å²) < 4.78 is 48.3. The minimum Gasteiger partial charge on any atom is -0.456 e. The van der Waals surface area contributed by atoms with E-state index in [0.29, 0.717) is 6.42 Å². The van der Waals surface area contributed by atoms with Crippen LogP contribution in [0.1, 0.15) is 96.8 Å². The Morgan fingerprint density at radius 2 is 1.13 bits per heavy atom. The summed E-state index contributed by atoms with van der Waals surface area (Å²) in [5.74, 6) is 18.2. The van der Waals surface area contributed by atoms with E-state index in [4.69, 9.17) is 34.7 Å². The van der Waals surface area contributed by atoms with Crippen molar-refractivity contribution in [2.75, 3.05) is 13.2 Å². The van der Waals surface area contributed by atoms with Crippen molar-refractivity contribution in [2.45, 2.75) is 140 Å². The largest absolute Gasteiger partial charge is 0.472 e. The van der Waals surface area contributed by atoms with E-state index in [1.165, 1.54) is 44.9 Å². The number of terminal acetylenes is 1. The number of carbonyl (C=O) groups excluding carboxylic acids is 2. The predicted molar refractivity (Wildman–Crippen MR) is 193 cm³/mol. The second kappa shape index (κ2) is 27.4. The SMILES string of the molecule is C#CC#CC#CC#CC#CC(=O)OC[C@@H](COP(=O)(O)OC1C(O)C(OP(=O)(O)O)C(O)C(O)[C@@H]1O)OC(=O)CCCCCCCCCCCCCCC. The molecule has 8 atom stereocenters. The summed E-state index contributed by atoms with van der Waals surface area (Å²) in [6.45, 7) is 0.531. The molecule has 0 aromatic rings. The maximum atomic E-state index is 12.8. The van der Waals surface area contributed by atoms with Gasteiger partial charge in [-0.3, -0.25) is 18.4 Å². The zero-order chi connectivity index (χ0) is 40.4. The Labute approximate surface area is 316 Å². The number of hydrogen-bond donors (Lipinski definition) is 7. The summed E-state index contributed by atoms with van der Waals surface area (Å²) in [6, 6.07) is 0. The zero-order valence-electron chi connectivity index (χ0n) is 30.1. The summed E-state index contributed by atoms with van der Waals surface area (Å²) in [6.07, 6.45) is 3.94. The van der Waals surface area contributed by atoms with E-state index < -0.39 is 83.5 Å². The van der Waals surface area contributed by atoms with Gasteiger partial charge in [-0.1, -0.05) is 84.0 Å². The number of rotatable bonds is 24. The minimum atomic E-state index is -5.38. The molecule has 0 heterocycles. The Balaban J connectivity index is 2.79. The summed E-state index contributed by atoms with van der Waals surface area (Å²) >= 11 is 0. The monoisotopic (exact) mass is 800 g/mol. The smallest absolute Gasteiger partial charge is 0.456 e. The van der Waals surface area contributed by atoms with Crippen LogP contribution in [-0.2, 0) is 41.8 Å². The summed E-state index contributed by atoms with van der Waals surface area (Å²) in [5, 5.41) is 40.8. The first-order chi connectivity index (χ1) is 25.6. The summed E-state index contributed by atoms with van der Waals surface area (Å²) in [7, 11) is -10.7. The number of phosphoric acid groups is 2. The van der Waals surface area contributed by atoms with Crippen LogP contribution in [0.2, 0.25) is 0 Å². The first kappa shape index (κ1) is 48.8. The maximum Gasteiger partial charge on any atom is 0.472 e. The number of unbranched alkanes of at least 4 members (excludes halogenated alkanes) is 12. The van der Waals surface area contributed by atoms with E-state index in [-0.39, 0.29) is 6.42 Å². The molecule has 1 rings (SSSR count). The minimum absolute atomic E-state index is 0.0285. The average molecular weight is 801 g/mol. The van der Waals surface area contributed by atoms with Gasteiger partial charge in [0.25, 0.3) is 0 Å². The molecule has 300 valence electrons. The molecule has 0 aliphatic heterocycles. The van der Waals surface area contributed by atoms with Crippen LogP contribution in [0.25, 0.3) is 0 Å². The van der Waals surface area contributed by atoms with Crippen LogP contribution < -0.4 is 0 Å². The first-order valence-electron chi connectivity index (χ1n) is 17.6. The van der Waals surface area contributed by atoms with E-state index in [1.807, 2.05) is 5.92 Å². The van der Waals surface area contributed by atoms with E-state index in [0.717, 1.165) is 32.1 Å². The highest BCUT2D eigenvalue weighted by Gasteiger charge is 2.54. The van der Waals surface area contributed by atoms with Gasteiger partial charge in [-0.2, -0.15) is 0 Å². The molecule has 0 aromatic heterocycles. The van der Waals surface area contributed by atoms with Crippen LogP contribution in [-0.4, -0.2) is 103 Å². The molecule has 7 N–H and O–H groups in total. The number of aliphatic hydroxyl groups is 4. The standard InChI is InChI=1S/C36H50O16P2/c1-3-5-7-9-11-13-14-15-16-17-19-21-23-25-30(38)50-28(26-48-29(37)24-22-20-18-12-10-8-6-4-2)27-49-54(46,47)52-36-33(41)31(39)32(40)35(34(36)42)51-53(43,44)45/h2,28,31-36,39-42H,3,5,7,9,11,13-17,19,21,23,25-27H2,1H3,(H,46,47)(H2,43,44,45)/t28-,31?,32?,33-,34?,35?,36?/m0/s1. The van der Waals surface area contributed by atoms with E-state index in [9.17, 15) is 44.0 Å². The van der Waals surface area contributed by atoms with Crippen LogP contribution in [0.5, 0.6) is 0 Å². The van der Waals surface area contributed by atoms with Gasteiger partial charge < -0.3 is 44.6 Å². The van der Waals surface area contributed by atoms with Gasteiger partial charge in [0.15, 0.2) is 6.10 Å². The van der Waals surface area contributed by atoms with E-state index >= 15 is 0 Å². The Morgan fingerprint density at radius 3 is 1.65 bits per heavy atom. The Morgan fingerprint density at radius 1 is 0.648 bits per heavy atom. The van der Waals surface area contributed by atoms with E-state index in [2.05, 4.69) is 58.8 Å². The quantitative estimate of drug-likeness (QED) is 0.0242. The summed E-state index contributed by atoms with van der Waals surface area (Å²) in [5.41, 5.74) is 0. The number of carbonyl (C=O) groups is 2. The van der Waals surface area contributed by atoms with Gasteiger partial charge in [0, 0.05) is 12.3 Å². The van der Waals surface area contributed by atoms with Crippen LogP contribution in [0, 0.1) is 59.7 Å². The molecule has 16 nitrogen and oxygen atoms in total. The Kier molecular flexibility index (Phi) is 24.8. The fraction of sp³-hybridized carbons (Fsp3) is 0.667. The van der Waals surface area contributed by atoms with Crippen LogP contribution in [0.15, 0.2) is 0 Å². The fourth-order valence-electron chi connectivity index (χ4n) is 5.08. The van der Waals surface area contributed by atoms with Gasteiger partial charge >= 0.3 is 27.6 Å². The van der Waals surface area contributed by atoms with Gasteiger partial charge in [0.1, 0.15) is 43.2 Å².